The van der Waals surface area contributed by atoms with E-state index in [2.05, 4.69) is 15.3 Å². The molecule has 0 saturated carbocycles. The quantitative estimate of drug-likeness (QED) is 0.658. The Labute approximate surface area is 107 Å². The van der Waals surface area contributed by atoms with Crippen molar-refractivity contribution in [2.45, 2.75) is 6.61 Å². The average molecular weight is 266 g/mol. The highest BCUT2D eigenvalue weighted by atomic mass is 32.1. The molecule has 2 aromatic rings. The summed E-state index contributed by atoms with van der Waals surface area (Å²) in [7, 11) is 1.55. The van der Waals surface area contributed by atoms with Gasteiger partial charge in [-0.05, 0) is 11.4 Å². The van der Waals surface area contributed by atoms with Crippen LogP contribution in [0.3, 0.4) is 0 Å². The van der Waals surface area contributed by atoms with Crippen LogP contribution < -0.4 is 10.1 Å². The predicted molar refractivity (Wildman–Crippen MR) is 66.9 cm³/mol. The third-order valence-electron chi connectivity index (χ3n) is 2.14. The highest BCUT2D eigenvalue weighted by molar-refractivity contribution is 7.09. The first-order chi connectivity index (χ1) is 8.72. The van der Waals surface area contributed by atoms with Gasteiger partial charge in [-0.25, -0.2) is 4.98 Å². The number of rotatable bonds is 5. The molecule has 0 bridgehead atoms. The van der Waals surface area contributed by atoms with Crippen molar-refractivity contribution in [3.8, 4) is 5.88 Å². The third kappa shape index (κ3) is 2.54. The SMILES string of the molecule is CNc1ncnc(OCc2cccs2)c1[N+](=O)[O-]. The van der Waals surface area contributed by atoms with Gasteiger partial charge in [-0.2, -0.15) is 4.98 Å². The molecular weight excluding hydrogens is 256 g/mol. The maximum atomic E-state index is 11.0. The Hall–Kier alpha value is -2.22. The van der Waals surface area contributed by atoms with Gasteiger partial charge >= 0.3 is 5.69 Å². The number of hydrogen-bond donors (Lipinski definition) is 1. The number of nitrogens with one attached hydrogen (secondary N) is 1. The molecule has 2 aromatic heterocycles. The molecule has 0 unspecified atom stereocenters. The van der Waals surface area contributed by atoms with E-state index in [0.29, 0.717) is 0 Å². The molecule has 7 nitrogen and oxygen atoms in total. The van der Waals surface area contributed by atoms with Gasteiger partial charge in [0.25, 0.3) is 5.88 Å². The number of hydrogen-bond acceptors (Lipinski definition) is 7. The summed E-state index contributed by atoms with van der Waals surface area (Å²) in [5, 5.41) is 15.5. The Kier molecular flexibility index (Phi) is 3.68. The van der Waals surface area contributed by atoms with E-state index >= 15 is 0 Å². The number of aromatic nitrogens is 2. The molecule has 0 aliphatic carbocycles. The van der Waals surface area contributed by atoms with Gasteiger partial charge in [0.05, 0.1) is 4.92 Å². The summed E-state index contributed by atoms with van der Waals surface area (Å²) >= 11 is 1.51. The van der Waals surface area contributed by atoms with Gasteiger partial charge in [0.15, 0.2) is 0 Å². The van der Waals surface area contributed by atoms with Crippen molar-refractivity contribution in [2.75, 3.05) is 12.4 Å². The van der Waals surface area contributed by atoms with Crippen LogP contribution >= 0.6 is 11.3 Å². The molecule has 0 amide bonds. The first kappa shape index (κ1) is 12.2. The summed E-state index contributed by atoms with van der Waals surface area (Å²) < 4.78 is 5.36. The maximum absolute atomic E-state index is 11.0. The molecular formula is C10H10N4O3S. The second-order valence-electron chi connectivity index (χ2n) is 3.25. The summed E-state index contributed by atoms with van der Waals surface area (Å²) in [6.07, 6.45) is 1.22. The first-order valence-corrected chi connectivity index (χ1v) is 5.92. The topological polar surface area (TPSA) is 90.2 Å². The second-order valence-corrected chi connectivity index (χ2v) is 4.28. The maximum Gasteiger partial charge on any atom is 0.372 e. The van der Waals surface area contributed by atoms with Gasteiger partial charge in [0.1, 0.15) is 12.9 Å². The zero-order chi connectivity index (χ0) is 13.0. The van der Waals surface area contributed by atoms with E-state index in [-0.39, 0.29) is 24.0 Å². The van der Waals surface area contributed by atoms with Gasteiger partial charge < -0.3 is 10.1 Å². The van der Waals surface area contributed by atoms with Crippen LogP contribution in [0.15, 0.2) is 23.8 Å². The Morgan fingerprint density at radius 1 is 1.56 bits per heavy atom. The van der Waals surface area contributed by atoms with E-state index in [9.17, 15) is 10.1 Å². The van der Waals surface area contributed by atoms with Crippen molar-refractivity contribution in [2.24, 2.45) is 0 Å². The highest BCUT2D eigenvalue weighted by Crippen LogP contribution is 2.31. The summed E-state index contributed by atoms with van der Waals surface area (Å²) in [4.78, 5) is 19.0. The van der Waals surface area contributed by atoms with Gasteiger partial charge in [-0.3, -0.25) is 10.1 Å². The first-order valence-electron chi connectivity index (χ1n) is 5.04. The number of nitro groups is 1. The molecule has 0 spiro atoms. The molecule has 94 valence electrons. The van der Waals surface area contributed by atoms with E-state index in [1.54, 1.807) is 7.05 Å². The lowest BCUT2D eigenvalue weighted by molar-refractivity contribution is -0.385. The molecule has 0 aromatic carbocycles. The largest absolute Gasteiger partial charge is 0.467 e. The third-order valence-corrected chi connectivity index (χ3v) is 2.99. The van der Waals surface area contributed by atoms with Crippen molar-refractivity contribution in [1.82, 2.24) is 9.97 Å². The van der Waals surface area contributed by atoms with E-state index < -0.39 is 4.92 Å². The van der Waals surface area contributed by atoms with Crippen LogP contribution in [0.2, 0.25) is 0 Å². The predicted octanol–water partition coefficient (Wildman–Crippen LogP) is 2.07. The van der Waals surface area contributed by atoms with Crippen LogP contribution in [0.25, 0.3) is 0 Å². The molecule has 18 heavy (non-hydrogen) atoms. The van der Waals surface area contributed by atoms with Crippen LogP contribution in [0.5, 0.6) is 5.88 Å². The monoisotopic (exact) mass is 266 g/mol. The van der Waals surface area contributed by atoms with Gasteiger partial charge in [0.2, 0.25) is 5.82 Å². The molecule has 2 heterocycles. The van der Waals surface area contributed by atoms with Crippen molar-refractivity contribution in [3.63, 3.8) is 0 Å². The molecule has 0 saturated heterocycles. The van der Waals surface area contributed by atoms with Crippen molar-refractivity contribution in [3.05, 3.63) is 38.8 Å². The van der Waals surface area contributed by atoms with Gasteiger partial charge in [0, 0.05) is 11.9 Å². The Morgan fingerprint density at radius 2 is 2.39 bits per heavy atom. The van der Waals surface area contributed by atoms with Crippen LogP contribution in [-0.4, -0.2) is 21.9 Å². The molecule has 0 atom stereocenters. The lowest BCUT2D eigenvalue weighted by Crippen LogP contribution is -2.05. The van der Waals surface area contributed by atoms with Crippen LogP contribution in [0.1, 0.15) is 4.88 Å². The van der Waals surface area contributed by atoms with E-state index in [1.165, 1.54) is 17.7 Å². The fourth-order valence-corrected chi connectivity index (χ4v) is 1.97. The van der Waals surface area contributed by atoms with Crippen molar-refractivity contribution in [1.29, 1.82) is 0 Å². The minimum Gasteiger partial charge on any atom is -0.467 e. The minimum atomic E-state index is -0.560. The van der Waals surface area contributed by atoms with E-state index in [4.69, 9.17) is 4.74 Å². The molecule has 1 N–H and O–H groups in total. The van der Waals surface area contributed by atoms with E-state index in [0.717, 1.165) is 4.88 Å². The average Bonchev–Trinajstić information content (AvgIpc) is 2.88. The summed E-state index contributed by atoms with van der Waals surface area (Å²) in [6.45, 7) is 0.249. The number of nitrogens with zero attached hydrogens (tertiary/aromatic N) is 3. The number of anilines is 1. The highest BCUT2D eigenvalue weighted by Gasteiger charge is 2.23. The Balaban J connectivity index is 2.24. The van der Waals surface area contributed by atoms with Crippen LogP contribution in [-0.2, 0) is 6.61 Å². The normalized spacial score (nSPS) is 10.1. The molecule has 0 radical (unpaired) electrons. The lowest BCUT2D eigenvalue weighted by Gasteiger charge is -2.06. The summed E-state index contributed by atoms with van der Waals surface area (Å²) in [5.41, 5.74) is -0.253. The molecule has 8 heteroatoms. The summed E-state index contributed by atoms with van der Waals surface area (Å²) in [5.74, 6) is 0.101. The zero-order valence-corrected chi connectivity index (χ0v) is 10.3. The zero-order valence-electron chi connectivity index (χ0n) is 9.49. The second kappa shape index (κ2) is 5.41. The van der Waals surface area contributed by atoms with Crippen LogP contribution in [0, 0.1) is 10.1 Å². The van der Waals surface area contributed by atoms with Crippen molar-refractivity contribution < 1.29 is 9.66 Å². The molecule has 0 fully saturated rings. The van der Waals surface area contributed by atoms with Gasteiger partial charge in [-0.1, -0.05) is 6.07 Å². The van der Waals surface area contributed by atoms with Crippen molar-refractivity contribution >= 4 is 22.8 Å². The molecule has 0 aliphatic heterocycles. The Morgan fingerprint density at radius 3 is 3.00 bits per heavy atom. The number of thiophene rings is 1. The molecule has 2 rings (SSSR count). The van der Waals surface area contributed by atoms with Crippen LogP contribution in [0.4, 0.5) is 11.5 Å². The summed E-state index contributed by atoms with van der Waals surface area (Å²) in [6, 6.07) is 3.77. The minimum absolute atomic E-state index is 0.0345. The van der Waals surface area contributed by atoms with Gasteiger partial charge in [-0.15, -0.1) is 11.3 Å². The van der Waals surface area contributed by atoms with E-state index in [1.807, 2.05) is 17.5 Å². The Bertz CT molecular complexity index is 544. The smallest absolute Gasteiger partial charge is 0.372 e. The lowest BCUT2D eigenvalue weighted by atomic mass is 10.4. The molecule has 0 aliphatic rings. The fraction of sp³-hybridized carbons (Fsp3) is 0.200. The number of ether oxygens (including phenoxy) is 1. The standard InChI is InChI=1S/C10H10N4O3S/c1-11-9-8(14(15)16)10(13-6-12-9)17-5-7-3-2-4-18-7/h2-4,6H,5H2,1H3,(H,11,12,13). The fourth-order valence-electron chi connectivity index (χ4n) is 1.35.